The SMILES string of the molecule is CCCCC[C@H](O)/C=C/[C@@H]1CCC(OC(=O)CCC)=C1SCCCCCC(=O)O. The van der Waals surface area contributed by atoms with E-state index in [1.54, 1.807) is 11.8 Å². The average Bonchev–Trinajstić information content (AvgIpc) is 3.04. The zero-order chi connectivity index (χ0) is 21.5. The van der Waals surface area contributed by atoms with E-state index in [-0.39, 0.29) is 18.3 Å². The number of allylic oxidation sites excluding steroid dienone is 3. The van der Waals surface area contributed by atoms with Crippen LogP contribution in [0.5, 0.6) is 0 Å². The van der Waals surface area contributed by atoms with E-state index in [9.17, 15) is 14.7 Å². The van der Waals surface area contributed by atoms with Crippen LogP contribution in [0.2, 0.25) is 0 Å². The molecule has 0 aromatic carbocycles. The molecule has 0 fully saturated rings. The Labute approximate surface area is 180 Å². The van der Waals surface area contributed by atoms with Gasteiger partial charge in [0.15, 0.2) is 0 Å². The standard InChI is InChI=1S/C23H38O5S/c1-3-5-7-11-19(24)15-13-18-14-16-20(28-22(27)10-4-2)23(18)29-17-9-6-8-12-21(25)26/h13,15,18-19,24H,3-12,14,16-17H2,1-2H3,(H,25,26)/b15-13+/t18-,19+/m1/s1. The van der Waals surface area contributed by atoms with Crippen molar-refractivity contribution in [2.75, 3.05) is 5.75 Å². The highest BCUT2D eigenvalue weighted by Crippen LogP contribution is 2.41. The van der Waals surface area contributed by atoms with Gasteiger partial charge in [-0.1, -0.05) is 51.7 Å². The van der Waals surface area contributed by atoms with Crippen LogP contribution in [0.15, 0.2) is 22.8 Å². The third kappa shape index (κ3) is 11.5. The summed E-state index contributed by atoms with van der Waals surface area (Å²) in [6.45, 7) is 4.11. The summed E-state index contributed by atoms with van der Waals surface area (Å²) in [6, 6.07) is 0. The van der Waals surface area contributed by atoms with E-state index in [0.29, 0.717) is 12.8 Å². The van der Waals surface area contributed by atoms with Crippen molar-refractivity contribution in [2.24, 2.45) is 5.92 Å². The molecule has 0 amide bonds. The summed E-state index contributed by atoms with van der Waals surface area (Å²) in [5.41, 5.74) is 0. The number of carbonyl (C=O) groups excluding carboxylic acids is 1. The largest absolute Gasteiger partial charge is 0.481 e. The molecule has 1 rings (SSSR count). The van der Waals surface area contributed by atoms with Crippen LogP contribution in [0.25, 0.3) is 0 Å². The lowest BCUT2D eigenvalue weighted by molar-refractivity contribution is -0.140. The molecule has 0 spiro atoms. The molecule has 5 nitrogen and oxygen atoms in total. The molecule has 0 aliphatic heterocycles. The number of carboxylic acid groups (broad SMARTS) is 1. The van der Waals surface area contributed by atoms with Crippen molar-refractivity contribution >= 4 is 23.7 Å². The molecule has 0 aromatic heterocycles. The van der Waals surface area contributed by atoms with Crippen LogP contribution in [0.3, 0.4) is 0 Å². The second-order valence-electron chi connectivity index (χ2n) is 7.66. The molecular formula is C23H38O5S. The zero-order valence-corrected chi connectivity index (χ0v) is 18.8. The number of aliphatic hydroxyl groups excluding tert-OH is 1. The van der Waals surface area contributed by atoms with Crippen molar-refractivity contribution in [1.82, 2.24) is 0 Å². The normalized spacial score (nSPS) is 17.8. The van der Waals surface area contributed by atoms with Gasteiger partial charge in [-0.15, -0.1) is 11.8 Å². The number of carbonyl (C=O) groups is 2. The predicted molar refractivity (Wildman–Crippen MR) is 119 cm³/mol. The summed E-state index contributed by atoms with van der Waals surface area (Å²) in [4.78, 5) is 23.7. The molecule has 2 N–H and O–H groups in total. The molecule has 0 heterocycles. The van der Waals surface area contributed by atoms with Gasteiger partial charge in [-0.05, 0) is 37.9 Å². The van der Waals surface area contributed by atoms with Crippen molar-refractivity contribution < 1.29 is 24.5 Å². The van der Waals surface area contributed by atoms with Crippen molar-refractivity contribution in [2.45, 2.75) is 97.0 Å². The molecule has 2 atom stereocenters. The van der Waals surface area contributed by atoms with Gasteiger partial charge in [-0.3, -0.25) is 9.59 Å². The van der Waals surface area contributed by atoms with Crippen molar-refractivity contribution in [3.8, 4) is 0 Å². The second-order valence-corrected chi connectivity index (χ2v) is 8.79. The zero-order valence-electron chi connectivity index (χ0n) is 18.0. The number of aliphatic carboxylic acids is 1. The molecule has 6 heteroatoms. The summed E-state index contributed by atoms with van der Waals surface area (Å²) in [5, 5.41) is 18.9. The number of thioether (sulfide) groups is 1. The van der Waals surface area contributed by atoms with Gasteiger partial charge in [-0.25, -0.2) is 0 Å². The van der Waals surface area contributed by atoms with Crippen molar-refractivity contribution in [1.29, 1.82) is 0 Å². The number of aliphatic hydroxyl groups is 1. The number of unbranched alkanes of at least 4 members (excludes halogenated alkanes) is 4. The number of hydrogen-bond donors (Lipinski definition) is 2. The highest BCUT2D eigenvalue weighted by molar-refractivity contribution is 8.03. The minimum atomic E-state index is -0.746. The lowest BCUT2D eigenvalue weighted by Crippen LogP contribution is -2.05. The van der Waals surface area contributed by atoms with Crippen LogP contribution >= 0.6 is 11.8 Å². The topological polar surface area (TPSA) is 83.8 Å². The van der Waals surface area contributed by atoms with E-state index in [2.05, 4.69) is 13.0 Å². The van der Waals surface area contributed by atoms with Crippen LogP contribution in [0.1, 0.15) is 90.9 Å². The number of rotatable bonds is 16. The van der Waals surface area contributed by atoms with Gasteiger partial charge in [0, 0.05) is 30.1 Å². The number of carboxylic acids is 1. The van der Waals surface area contributed by atoms with E-state index in [0.717, 1.165) is 74.2 Å². The summed E-state index contributed by atoms with van der Waals surface area (Å²) in [5.74, 6) is 0.932. The first kappa shape index (κ1) is 25.8. The van der Waals surface area contributed by atoms with E-state index >= 15 is 0 Å². The maximum Gasteiger partial charge on any atom is 0.310 e. The molecule has 0 saturated carbocycles. The molecule has 0 bridgehead atoms. The predicted octanol–water partition coefficient (Wildman–Crippen LogP) is 5.83. The minimum Gasteiger partial charge on any atom is -0.481 e. The molecule has 0 unspecified atom stereocenters. The maximum absolute atomic E-state index is 12.0. The van der Waals surface area contributed by atoms with E-state index in [4.69, 9.17) is 9.84 Å². The lowest BCUT2D eigenvalue weighted by atomic mass is 10.1. The Morgan fingerprint density at radius 2 is 1.93 bits per heavy atom. The van der Waals surface area contributed by atoms with Gasteiger partial charge in [0.25, 0.3) is 0 Å². The third-order valence-electron chi connectivity index (χ3n) is 4.95. The van der Waals surface area contributed by atoms with Crippen LogP contribution < -0.4 is 0 Å². The van der Waals surface area contributed by atoms with Gasteiger partial charge < -0.3 is 14.9 Å². The maximum atomic E-state index is 12.0. The molecule has 0 saturated heterocycles. The van der Waals surface area contributed by atoms with Crippen molar-refractivity contribution in [3.05, 3.63) is 22.8 Å². The van der Waals surface area contributed by atoms with E-state index in [1.807, 2.05) is 13.0 Å². The summed E-state index contributed by atoms with van der Waals surface area (Å²) >= 11 is 1.71. The Balaban J connectivity index is 2.63. The Kier molecular flexibility index (Phi) is 13.8. The summed E-state index contributed by atoms with van der Waals surface area (Å²) in [6.07, 6.45) is 13.2. The second kappa shape index (κ2) is 15.6. The molecule has 1 aliphatic carbocycles. The van der Waals surface area contributed by atoms with Gasteiger partial charge in [-0.2, -0.15) is 0 Å². The minimum absolute atomic E-state index is 0.175. The third-order valence-corrected chi connectivity index (χ3v) is 6.28. The Morgan fingerprint density at radius 3 is 2.62 bits per heavy atom. The first-order chi connectivity index (χ1) is 14.0. The first-order valence-electron chi connectivity index (χ1n) is 11.1. The van der Waals surface area contributed by atoms with Crippen LogP contribution in [-0.4, -0.2) is 34.0 Å². The first-order valence-corrected chi connectivity index (χ1v) is 12.1. The summed E-state index contributed by atoms with van der Waals surface area (Å²) < 4.78 is 5.64. The fourth-order valence-corrected chi connectivity index (χ4v) is 4.60. The Bertz CT molecular complexity index is 555. The highest BCUT2D eigenvalue weighted by atomic mass is 32.2. The molecule has 166 valence electrons. The highest BCUT2D eigenvalue weighted by Gasteiger charge is 2.27. The molecule has 29 heavy (non-hydrogen) atoms. The fraction of sp³-hybridized carbons (Fsp3) is 0.739. The van der Waals surface area contributed by atoms with Crippen LogP contribution in [0, 0.1) is 5.92 Å². The van der Waals surface area contributed by atoms with Gasteiger partial charge >= 0.3 is 11.9 Å². The quantitative estimate of drug-likeness (QED) is 0.184. The van der Waals surface area contributed by atoms with Gasteiger partial charge in [0.05, 0.1) is 6.10 Å². The van der Waals surface area contributed by atoms with Gasteiger partial charge in [0.2, 0.25) is 0 Å². The number of ether oxygens (including phenoxy) is 1. The number of esters is 1. The van der Waals surface area contributed by atoms with Crippen LogP contribution in [0.4, 0.5) is 0 Å². The average molecular weight is 427 g/mol. The van der Waals surface area contributed by atoms with E-state index < -0.39 is 12.1 Å². The molecule has 1 aliphatic rings. The van der Waals surface area contributed by atoms with Crippen molar-refractivity contribution in [3.63, 3.8) is 0 Å². The molecule has 0 radical (unpaired) electrons. The fourth-order valence-electron chi connectivity index (χ4n) is 3.31. The Morgan fingerprint density at radius 1 is 1.14 bits per heavy atom. The van der Waals surface area contributed by atoms with Crippen LogP contribution in [-0.2, 0) is 14.3 Å². The smallest absolute Gasteiger partial charge is 0.310 e. The Hall–Kier alpha value is -1.27. The monoisotopic (exact) mass is 426 g/mol. The van der Waals surface area contributed by atoms with E-state index in [1.165, 1.54) is 0 Å². The molecular weight excluding hydrogens is 388 g/mol. The van der Waals surface area contributed by atoms with Gasteiger partial charge in [0.1, 0.15) is 5.76 Å². The number of hydrogen-bond acceptors (Lipinski definition) is 5. The lowest BCUT2D eigenvalue weighted by Gasteiger charge is -2.13. The molecule has 0 aromatic rings. The summed E-state index contributed by atoms with van der Waals surface area (Å²) in [7, 11) is 0.